The van der Waals surface area contributed by atoms with E-state index in [2.05, 4.69) is 0 Å². The molecule has 1 rings (SSSR count). The fraction of sp³-hybridized carbons (Fsp3) is 0.250. The van der Waals surface area contributed by atoms with E-state index in [0.717, 1.165) is 5.56 Å². The molecule has 0 aliphatic rings. The van der Waals surface area contributed by atoms with Gasteiger partial charge in [-0.3, -0.25) is 4.57 Å². The van der Waals surface area contributed by atoms with Crippen LogP contribution < -0.4 is 0 Å². The van der Waals surface area contributed by atoms with Gasteiger partial charge in [0.05, 0.1) is 0 Å². The molecular formula is C8H11O2P. The second-order valence-electron chi connectivity index (χ2n) is 2.56. The largest absolute Gasteiger partial charge is 0.346 e. The number of aryl methyl sites for hydroxylation is 1. The highest BCUT2D eigenvalue weighted by atomic mass is 31.1. The van der Waals surface area contributed by atoms with E-state index in [4.69, 9.17) is 4.89 Å². The van der Waals surface area contributed by atoms with Gasteiger partial charge in [-0.2, -0.15) is 0 Å². The molecular weight excluding hydrogens is 159 g/mol. The molecule has 1 aromatic rings. The Hall–Kier alpha value is -0.590. The predicted molar refractivity (Wildman–Crippen MR) is 46.1 cm³/mol. The molecule has 0 fully saturated rings. The molecule has 2 nitrogen and oxygen atoms in total. The van der Waals surface area contributed by atoms with Crippen LogP contribution in [0.15, 0.2) is 24.3 Å². The molecule has 3 heteroatoms. The van der Waals surface area contributed by atoms with Crippen molar-refractivity contribution in [1.82, 2.24) is 0 Å². The smallest absolute Gasteiger partial charge is 0.193 e. The Morgan fingerprint density at radius 2 is 1.91 bits per heavy atom. The molecule has 0 amide bonds. The molecule has 1 aromatic carbocycles. The van der Waals surface area contributed by atoms with Crippen molar-refractivity contribution >= 4 is 8.03 Å². The number of benzene rings is 1. The molecule has 1 atom stereocenters. The highest BCUT2D eigenvalue weighted by molar-refractivity contribution is 7.37. The zero-order chi connectivity index (χ0) is 8.27. The highest BCUT2D eigenvalue weighted by Gasteiger charge is 1.95. The summed E-state index contributed by atoms with van der Waals surface area (Å²) < 4.78 is 10.4. The predicted octanol–water partition coefficient (Wildman–Crippen LogP) is 1.96. The van der Waals surface area contributed by atoms with Crippen LogP contribution in [0.1, 0.15) is 11.1 Å². The van der Waals surface area contributed by atoms with Crippen LogP contribution in [0.3, 0.4) is 0 Å². The van der Waals surface area contributed by atoms with Crippen molar-refractivity contribution in [1.29, 1.82) is 0 Å². The molecule has 0 aromatic heterocycles. The summed E-state index contributed by atoms with van der Waals surface area (Å²) in [4.78, 5) is 8.62. The monoisotopic (exact) mass is 170 g/mol. The highest BCUT2D eigenvalue weighted by Crippen LogP contribution is 2.20. The summed E-state index contributed by atoms with van der Waals surface area (Å²) in [6.45, 7) is 1.99. The maximum atomic E-state index is 10.4. The molecule has 0 aliphatic heterocycles. The molecule has 0 spiro atoms. The van der Waals surface area contributed by atoms with Gasteiger partial charge in [0.2, 0.25) is 0 Å². The van der Waals surface area contributed by atoms with Crippen LogP contribution in [0, 0.1) is 6.92 Å². The van der Waals surface area contributed by atoms with Crippen molar-refractivity contribution in [3.05, 3.63) is 35.4 Å². The zero-order valence-corrected chi connectivity index (χ0v) is 7.37. The fourth-order valence-electron chi connectivity index (χ4n) is 0.881. The Labute approximate surface area is 66.7 Å². The summed E-state index contributed by atoms with van der Waals surface area (Å²) in [5.74, 6) is 0. The van der Waals surface area contributed by atoms with Gasteiger partial charge in [0.1, 0.15) is 0 Å². The normalized spacial score (nSPS) is 12.9. The van der Waals surface area contributed by atoms with E-state index in [1.165, 1.54) is 5.56 Å². The Morgan fingerprint density at radius 3 is 2.36 bits per heavy atom. The Kier molecular flexibility index (Phi) is 2.86. The van der Waals surface area contributed by atoms with E-state index < -0.39 is 8.03 Å². The van der Waals surface area contributed by atoms with Gasteiger partial charge in [-0.15, -0.1) is 0 Å². The van der Waals surface area contributed by atoms with Crippen LogP contribution in [0.4, 0.5) is 0 Å². The first-order valence-electron chi connectivity index (χ1n) is 3.46. The summed E-state index contributed by atoms with van der Waals surface area (Å²) >= 11 is 0. The molecule has 60 valence electrons. The lowest BCUT2D eigenvalue weighted by Crippen LogP contribution is -1.79. The SMILES string of the molecule is Cc1ccc(C[PH](=O)O)cc1. The number of rotatable bonds is 2. The van der Waals surface area contributed by atoms with Crippen LogP contribution >= 0.6 is 8.03 Å². The van der Waals surface area contributed by atoms with E-state index in [0.29, 0.717) is 6.16 Å². The lowest BCUT2D eigenvalue weighted by Gasteiger charge is -1.97. The quantitative estimate of drug-likeness (QED) is 0.689. The van der Waals surface area contributed by atoms with E-state index in [-0.39, 0.29) is 0 Å². The Balaban J connectivity index is 2.74. The third-order valence-electron chi connectivity index (χ3n) is 1.48. The third kappa shape index (κ3) is 2.87. The average molecular weight is 170 g/mol. The van der Waals surface area contributed by atoms with Crippen LogP contribution in [0.2, 0.25) is 0 Å². The fourth-order valence-corrected chi connectivity index (χ4v) is 1.47. The standard InChI is InChI=1S/C8H11O2P/c1-7-2-4-8(5-3-7)6-11(9)10/h2-5,11H,6H2,1H3,(H,9,10). The average Bonchev–Trinajstić information content (AvgIpc) is 1.93. The molecule has 0 bridgehead atoms. The lowest BCUT2D eigenvalue weighted by molar-refractivity contribution is 0.502. The van der Waals surface area contributed by atoms with Gasteiger partial charge in [0, 0.05) is 6.16 Å². The van der Waals surface area contributed by atoms with Crippen molar-refractivity contribution in [3.63, 3.8) is 0 Å². The second kappa shape index (κ2) is 3.70. The van der Waals surface area contributed by atoms with Crippen molar-refractivity contribution < 1.29 is 9.46 Å². The topological polar surface area (TPSA) is 37.3 Å². The lowest BCUT2D eigenvalue weighted by atomic mass is 10.2. The maximum absolute atomic E-state index is 10.4. The molecule has 0 saturated carbocycles. The van der Waals surface area contributed by atoms with Gasteiger partial charge in [0.15, 0.2) is 8.03 Å². The Morgan fingerprint density at radius 1 is 1.36 bits per heavy atom. The van der Waals surface area contributed by atoms with E-state index in [9.17, 15) is 4.57 Å². The van der Waals surface area contributed by atoms with Gasteiger partial charge >= 0.3 is 0 Å². The van der Waals surface area contributed by atoms with E-state index in [1.807, 2.05) is 31.2 Å². The minimum Gasteiger partial charge on any atom is -0.346 e. The second-order valence-corrected chi connectivity index (χ2v) is 3.70. The van der Waals surface area contributed by atoms with Crippen molar-refractivity contribution in [2.24, 2.45) is 0 Å². The zero-order valence-electron chi connectivity index (χ0n) is 6.37. The molecule has 1 N–H and O–H groups in total. The minimum atomic E-state index is -2.35. The van der Waals surface area contributed by atoms with Crippen molar-refractivity contribution in [2.75, 3.05) is 0 Å². The minimum absolute atomic E-state index is 0.297. The number of hydrogen-bond donors (Lipinski definition) is 1. The van der Waals surface area contributed by atoms with Crippen LogP contribution in [0.25, 0.3) is 0 Å². The van der Waals surface area contributed by atoms with E-state index in [1.54, 1.807) is 0 Å². The maximum Gasteiger partial charge on any atom is 0.193 e. The summed E-state index contributed by atoms with van der Waals surface area (Å²) in [5.41, 5.74) is 2.10. The summed E-state index contributed by atoms with van der Waals surface area (Å²) in [6, 6.07) is 7.66. The first kappa shape index (κ1) is 8.51. The van der Waals surface area contributed by atoms with Gasteiger partial charge in [-0.1, -0.05) is 29.8 Å². The summed E-state index contributed by atoms with van der Waals surface area (Å²) in [5, 5.41) is 0. The molecule has 0 heterocycles. The van der Waals surface area contributed by atoms with Gasteiger partial charge < -0.3 is 4.89 Å². The van der Waals surface area contributed by atoms with Gasteiger partial charge in [-0.05, 0) is 12.5 Å². The van der Waals surface area contributed by atoms with E-state index >= 15 is 0 Å². The molecule has 0 aliphatic carbocycles. The van der Waals surface area contributed by atoms with Crippen LogP contribution in [-0.4, -0.2) is 4.89 Å². The molecule has 11 heavy (non-hydrogen) atoms. The first-order chi connectivity index (χ1) is 5.18. The first-order valence-corrected chi connectivity index (χ1v) is 5.02. The molecule has 0 radical (unpaired) electrons. The third-order valence-corrected chi connectivity index (χ3v) is 2.19. The van der Waals surface area contributed by atoms with Crippen molar-refractivity contribution in [2.45, 2.75) is 13.1 Å². The molecule has 0 saturated heterocycles. The van der Waals surface area contributed by atoms with Crippen LogP contribution in [0.5, 0.6) is 0 Å². The summed E-state index contributed by atoms with van der Waals surface area (Å²) in [6.07, 6.45) is 0.297. The molecule has 1 unspecified atom stereocenters. The van der Waals surface area contributed by atoms with Crippen LogP contribution in [-0.2, 0) is 10.7 Å². The van der Waals surface area contributed by atoms with Gasteiger partial charge in [0.25, 0.3) is 0 Å². The summed E-state index contributed by atoms with van der Waals surface area (Å²) in [7, 11) is -2.35. The van der Waals surface area contributed by atoms with Gasteiger partial charge in [-0.25, -0.2) is 0 Å². The van der Waals surface area contributed by atoms with Crippen molar-refractivity contribution in [3.8, 4) is 0 Å². The number of hydrogen-bond acceptors (Lipinski definition) is 1. The Bertz CT molecular complexity index is 253.